The highest BCUT2D eigenvalue weighted by Crippen LogP contribution is 2.18. The topological polar surface area (TPSA) is 95.2 Å². The van der Waals surface area contributed by atoms with Crippen molar-refractivity contribution in [3.8, 4) is 11.4 Å². The third-order valence-corrected chi connectivity index (χ3v) is 5.09. The minimum Gasteiger partial charge on any atom is -0.497 e. The van der Waals surface area contributed by atoms with Gasteiger partial charge in [0.2, 0.25) is 5.69 Å². The van der Waals surface area contributed by atoms with Crippen LogP contribution in [-0.4, -0.2) is 33.9 Å². The van der Waals surface area contributed by atoms with Gasteiger partial charge in [0.05, 0.1) is 19.3 Å². The Labute approximate surface area is 184 Å². The van der Waals surface area contributed by atoms with E-state index in [4.69, 9.17) is 16.3 Å². The third-order valence-electron chi connectivity index (χ3n) is 4.69. The molecule has 162 valence electrons. The van der Waals surface area contributed by atoms with E-state index in [-0.39, 0.29) is 12.2 Å². The minimum absolute atomic E-state index is 0.0506. The maximum Gasteiger partial charge on any atom is 0.352 e. The van der Waals surface area contributed by atoms with Gasteiger partial charge < -0.3 is 10.1 Å². The highest BCUT2D eigenvalue weighted by Gasteiger charge is 2.20. The molecule has 0 saturated carbocycles. The molecule has 0 aliphatic heterocycles. The first-order chi connectivity index (χ1) is 14.8. The van der Waals surface area contributed by atoms with Crippen LogP contribution in [0.2, 0.25) is 5.02 Å². The number of hydrogen-bond acceptors (Lipinski definition) is 5. The normalized spacial score (nSPS) is 10.7. The van der Waals surface area contributed by atoms with E-state index in [0.717, 1.165) is 14.8 Å². The summed E-state index contributed by atoms with van der Waals surface area (Å²) >= 11 is 6.22. The van der Waals surface area contributed by atoms with Crippen molar-refractivity contribution in [3.05, 3.63) is 85.1 Å². The first-order valence-electron chi connectivity index (χ1n) is 9.77. The molecule has 0 radical (unpaired) electrons. The van der Waals surface area contributed by atoms with Crippen LogP contribution < -0.4 is 21.3 Å². The molecule has 8 nitrogen and oxygen atoms in total. The molecular formula is C22H23ClN4O4. The van der Waals surface area contributed by atoms with Crippen molar-refractivity contribution >= 4 is 17.5 Å². The van der Waals surface area contributed by atoms with Gasteiger partial charge in [0.15, 0.2) is 0 Å². The van der Waals surface area contributed by atoms with E-state index in [1.165, 1.54) is 7.11 Å². The Morgan fingerprint density at radius 3 is 2.65 bits per heavy atom. The number of methoxy groups -OCH3 is 1. The van der Waals surface area contributed by atoms with Gasteiger partial charge in [-0.1, -0.05) is 36.7 Å². The van der Waals surface area contributed by atoms with Gasteiger partial charge in [-0.05, 0) is 48.7 Å². The summed E-state index contributed by atoms with van der Waals surface area (Å²) in [5, 5.41) is 7.16. The van der Waals surface area contributed by atoms with Crippen molar-refractivity contribution in [2.75, 3.05) is 13.7 Å². The predicted octanol–water partition coefficient (Wildman–Crippen LogP) is 2.55. The average molecular weight is 443 g/mol. The fourth-order valence-electron chi connectivity index (χ4n) is 2.95. The van der Waals surface area contributed by atoms with E-state index < -0.39 is 17.2 Å². The molecule has 1 heterocycles. The second-order valence-electron chi connectivity index (χ2n) is 6.98. The molecule has 0 aliphatic rings. The second kappa shape index (κ2) is 9.61. The molecule has 0 saturated heterocycles. The Kier molecular flexibility index (Phi) is 6.91. The van der Waals surface area contributed by atoms with Gasteiger partial charge in [-0.3, -0.25) is 14.2 Å². The lowest BCUT2D eigenvalue weighted by Gasteiger charge is -2.13. The average Bonchev–Trinajstić information content (AvgIpc) is 2.77. The van der Waals surface area contributed by atoms with Crippen LogP contribution in [0.25, 0.3) is 5.69 Å². The molecule has 1 N–H and O–H groups in total. The zero-order valence-corrected chi connectivity index (χ0v) is 18.3. The standard InChI is InChI=1S/C22H23ClN4O4/c1-4-10-24-20(28)19-21(29)26(13-15-6-5-7-17(11-15)31-3)22(30)27(25-19)16-9-8-14(2)18(23)12-16/h5-9,11-12H,4,10,13H2,1-3H3,(H,24,28). The molecule has 1 aromatic heterocycles. The van der Waals surface area contributed by atoms with E-state index in [9.17, 15) is 14.4 Å². The van der Waals surface area contributed by atoms with E-state index in [2.05, 4.69) is 10.4 Å². The molecule has 0 fully saturated rings. The fourth-order valence-corrected chi connectivity index (χ4v) is 3.13. The highest BCUT2D eigenvalue weighted by molar-refractivity contribution is 6.31. The maximum absolute atomic E-state index is 13.2. The molecule has 31 heavy (non-hydrogen) atoms. The smallest absolute Gasteiger partial charge is 0.352 e. The van der Waals surface area contributed by atoms with Crippen LogP contribution in [0, 0.1) is 6.92 Å². The van der Waals surface area contributed by atoms with Gasteiger partial charge in [0, 0.05) is 11.6 Å². The lowest BCUT2D eigenvalue weighted by atomic mass is 10.2. The van der Waals surface area contributed by atoms with Gasteiger partial charge in [0.25, 0.3) is 11.5 Å². The summed E-state index contributed by atoms with van der Waals surface area (Å²) in [7, 11) is 1.53. The summed E-state index contributed by atoms with van der Waals surface area (Å²) in [5.74, 6) is -0.0515. The van der Waals surface area contributed by atoms with Crippen LogP contribution in [0.1, 0.15) is 35.0 Å². The van der Waals surface area contributed by atoms with Crippen molar-refractivity contribution in [2.45, 2.75) is 26.8 Å². The lowest BCUT2D eigenvalue weighted by molar-refractivity contribution is 0.0944. The van der Waals surface area contributed by atoms with Crippen molar-refractivity contribution in [1.82, 2.24) is 19.7 Å². The van der Waals surface area contributed by atoms with E-state index in [0.29, 0.717) is 35.0 Å². The van der Waals surface area contributed by atoms with Crippen LogP contribution >= 0.6 is 11.6 Å². The quantitative estimate of drug-likeness (QED) is 0.606. The van der Waals surface area contributed by atoms with Crippen LogP contribution in [0.15, 0.2) is 52.1 Å². The Bertz CT molecular complexity index is 1230. The van der Waals surface area contributed by atoms with Crippen LogP contribution in [0.4, 0.5) is 0 Å². The SMILES string of the molecule is CCCNC(=O)c1nn(-c2ccc(C)c(Cl)c2)c(=O)n(Cc2cccc(OC)c2)c1=O. The van der Waals surface area contributed by atoms with E-state index in [1.807, 2.05) is 13.8 Å². The number of halogens is 1. The summed E-state index contributed by atoms with van der Waals surface area (Å²) in [6.45, 7) is 4.05. The number of nitrogens with one attached hydrogen (secondary N) is 1. The molecule has 1 amide bonds. The number of ether oxygens (including phenoxy) is 1. The largest absolute Gasteiger partial charge is 0.497 e. The molecule has 0 atom stereocenters. The molecule has 0 spiro atoms. The van der Waals surface area contributed by atoms with Gasteiger partial charge >= 0.3 is 5.69 Å². The van der Waals surface area contributed by atoms with Crippen LogP contribution in [0.3, 0.4) is 0 Å². The van der Waals surface area contributed by atoms with Gasteiger partial charge in [0.1, 0.15) is 5.75 Å². The van der Waals surface area contributed by atoms with Crippen molar-refractivity contribution in [1.29, 1.82) is 0 Å². The highest BCUT2D eigenvalue weighted by atomic mass is 35.5. The number of nitrogens with zero attached hydrogens (tertiary/aromatic N) is 3. The van der Waals surface area contributed by atoms with E-state index >= 15 is 0 Å². The molecule has 3 aromatic rings. The number of aryl methyl sites for hydroxylation is 1. The fraction of sp³-hybridized carbons (Fsp3) is 0.273. The monoisotopic (exact) mass is 442 g/mol. The number of amides is 1. The Morgan fingerprint density at radius 2 is 1.97 bits per heavy atom. The summed E-state index contributed by atoms with van der Waals surface area (Å²) in [4.78, 5) is 38.8. The first-order valence-corrected chi connectivity index (χ1v) is 10.1. The predicted molar refractivity (Wildman–Crippen MR) is 119 cm³/mol. The van der Waals surface area contributed by atoms with Gasteiger partial charge in [-0.2, -0.15) is 9.78 Å². The zero-order valence-electron chi connectivity index (χ0n) is 17.5. The Balaban J connectivity index is 2.20. The van der Waals surface area contributed by atoms with Crippen LogP contribution in [-0.2, 0) is 6.54 Å². The Morgan fingerprint density at radius 1 is 1.19 bits per heavy atom. The lowest BCUT2D eigenvalue weighted by Crippen LogP contribution is -2.46. The van der Waals surface area contributed by atoms with E-state index in [1.54, 1.807) is 42.5 Å². The van der Waals surface area contributed by atoms with Crippen molar-refractivity contribution in [2.24, 2.45) is 0 Å². The van der Waals surface area contributed by atoms with Gasteiger partial charge in [-0.25, -0.2) is 4.79 Å². The number of benzene rings is 2. The molecule has 3 rings (SSSR count). The van der Waals surface area contributed by atoms with Gasteiger partial charge in [-0.15, -0.1) is 0 Å². The van der Waals surface area contributed by atoms with Crippen molar-refractivity contribution in [3.63, 3.8) is 0 Å². The molecule has 0 aliphatic carbocycles. The summed E-state index contributed by atoms with van der Waals surface area (Å²) < 4.78 is 7.22. The first kappa shape index (κ1) is 22.3. The zero-order chi connectivity index (χ0) is 22.5. The Hall–Kier alpha value is -3.39. The number of aromatic nitrogens is 3. The van der Waals surface area contributed by atoms with Crippen LogP contribution in [0.5, 0.6) is 5.75 Å². The molecule has 9 heteroatoms. The number of rotatable bonds is 7. The maximum atomic E-state index is 13.2. The number of carbonyl (C=O) groups is 1. The molecule has 0 unspecified atom stereocenters. The van der Waals surface area contributed by atoms with Crippen molar-refractivity contribution < 1.29 is 9.53 Å². The number of carbonyl (C=O) groups excluding carboxylic acids is 1. The summed E-state index contributed by atoms with van der Waals surface area (Å²) in [6.07, 6.45) is 0.691. The minimum atomic E-state index is -0.768. The second-order valence-corrected chi connectivity index (χ2v) is 7.38. The molecular weight excluding hydrogens is 420 g/mol. The molecule has 2 aromatic carbocycles. The number of hydrogen-bond donors (Lipinski definition) is 1. The summed E-state index contributed by atoms with van der Waals surface area (Å²) in [6, 6.07) is 12.0. The third kappa shape index (κ3) is 4.86. The summed E-state index contributed by atoms with van der Waals surface area (Å²) in [5.41, 5.74) is 0.0232. The molecule has 0 bridgehead atoms.